The minimum atomic E-state index is 0.748. The number of ether oxygens (including phenoxy) is 1. The molecule has 0 amide bonds. The third-order valence-electron chi connectivity index (χ3n) is 3.10. The molecule has 0 spiro atoms. The molecule has 0 radical (unpaired) electrons. The van der Waals surface area contributed by atoms with Crippen LogP contribution in [0.15, 0.2) is 42.9 Å². The summed E-state index contributed by atoms with van der Waals surface area (Å²) < 4.78 is 7.31. The van der Waals surface area contributed by atoms with Crippen molar-refractivity contribution in [1.82, 2.24) is 14.9 Å². The lowest BCUT2D eigenvalue weighted by molar-refractivity contribution is 0.199. The molecule has 0 aliphatic rings. The highest BCUT2D eigenvalue weighted by atomic mass is 16.5. The van der Waals surface area contributed by atoms with Gasteiger partial charge in [-0.2, -0.15) is 0 Å². The number of rotatable bonds is 8. The van der Waals surface area contributed by atoms with Crippen LogP contribution < -0.4 is 5.32 Å². The Hall–Kier alpha value is -1.65. The van der Waals surface area contributed by atoms with Crippen molar-refractivity contribution in [3.05, 3.63) is 54.1 Å². The largest absolute Gasteiger partial charge is 0.383 e. The maximum Gasteiger partial charge on any atom is 0.0587 e. The molecule has 0 unspecified atom stereocenters. The summed E-state index contributed by atoms with van der Waals surface area (Å²) in [5.41, 5.74) is 2.63. The van der Waals surface area contributed by atoms with Crippen molar-refractivity contribution in [3.63, 3.8) is 0 Å². The predicted octanol–water partition coefficient (Wildman–Crippen LogP) is 1.86. The van der Waals surface area contributed by atoms with E-state index in [2.05, 4.69) is 45.3 Å². The van der Waals surface area contributed by atoms with E-state index in [0.717, 1.165) is 32.7 Å². The molecule has 2 aromatic rings. The Labute approximate surface area is 114 Å². The lowest BCUT2D eigenvalue weighted by Gasteiger charge is -2.10. The molecule has 102 valence electrons. The minimum Gasteiger partial charge on any atom is -0.383 e. The molecule has 2 heterocycles. The number of methoxy groups -OCH3 is 1. The van der Waals surface area contributed by atoms with Crippen molar-refractivity contribution in [2.24, 2.45) is 0 Å². The molecule has 0 saturated heterocycles. The molecule has 0 aromatic carbocycles. The summed E-state index contributed by atoms with van der Waals surface area (Å²) in [6.45, 7) is 3.51. The fourth-order valence-electron chi connectivity index (χ4n) is 2.02. The fourth-order valence-corrected chi connectivity index (χ4v) is 2.02. The number of nitrogens with one attached hydrogen (secondary N) is 1. The van der Waals surface area contributed by atoms with Crippen LogP contribution in [0.2, 0.25) is 0 Å². The molecule has 0 atom stereocenters. The quantitative estimate of drug-likeness (QED) is 0.736. The van der Waals surface area contributed by atoms with Gasteiger partial charge in [0.2, 0.25) is 0 Å². The highest BCUT2D eigenvalue weighted by Gasteiger charge is 2.01. The Morgan fingerprint density at radius 1 is 1.26 bits per heavy atom. The van der Waals surface area contributed by atoms with Crippen molar-refractivity contribution in [2.45, 2.75) is 19.5 Å². The van der Waals surface area contributed by atoms with Gasteiger partial charge in [0.05, 0.1) is 6.61 Å². The summed E-state index contributed by atoms with van der Waals surface area (Å²) in [5, 5.41) is 3.37. The van der Waals surface area contributed by atoms with Gasteiger partial charge < -0.3 is 14.6 Å². The van der Waals surface area contributed by atoms with E-state index in [4.69, 9.17) is 4.74 Å². The molecule has 0 aliphatic heterocycles. The van der Waals surface area contributed by atoms with Gasteiger partial charge in [-0.1, -0.05) is 0 Å². The third-order valence-corrected chi connectivity index (χ3v) is 3.10. The van der Waals surface area contributed by atoms with Crippen LogP contribution in [-0.4, -0.2) is 29.8 Å². The Balaban J connectivity index is 1.82. The zero-order chi connectivity index (χ0) is 13.3. The second kappa shape index (κ2) is 7.71. The van der Waals surface area contributed by atoms with Gasteiger partial charge in [-0.3, -0.25) is 4.98 Å². The molecule has 0 saturated carbocycles. The first-order chi connectivity index (χ1) is 9.40. The van der Waals surface area contributed by atoms with E-state index in [9.17, 15) is 0 Å². The molecule has 0 fully saturated rings. The maximum atomic E-state index is 5.02. The number of pyridine rings is 1. The van der Waals surface area contributed by atoms with E-state index in [1.165, 1.54) is 11.3 Å². The second-order valence-electron chi connectivity index (χ2n) is 4.47. The van der Waals surface area contributed by atoms with Gasteiger partial charge in [0.25, 0.3) is 0 Å². The summed E-state index contributed by atoms with van der Waals surface area (Å²) in [6.07, 6.45) is 6.85. The van der Waals surface area contributed by atoms with Crippen LogP contribution in [0, 0.1) is 0 Å². The van der Waals surface area contributed by atoms with E-state index in [1.54, 1.807) is 7.11 Å². The number of aryl methyl sites for hydroxylation is 2. The summed E-state index contributed by atoms with van der Waals surface area (Å²) >= 11 is 0. The molecule has 4 heteroatoms. The van der Waals surface area contributed by atoms with Gasteiger partial charge in [0.1, 0.15) is 0 Å². The Morgan fingerprint density at radius 3 is 2.89 bits per heavy atom. The van der Waals surface area contributed by atoms with Gasteiger partial charge in [0, 0.05) is 51.0 Å². The number of hydrogen-bond donors (Lipinski definition) is 1. The van der Waals surface area contributed by atoms with E-state index in [-0.39, 0.29) is 0 Å². The highest BCUT2D eigenvalue weighted by molar-refractivity contribution is 5.11. The molecular formula is C15H21N3O. The molecule has 19 heavy (non-hydrogen) atoms. The Bertz CT molecular complexity index is 467. The molecule has 1 N–H and O–H groups in total. The van der Waals surface area contributed by atoms with Crippen LogP contribution in [0.3, 0.4) is 0 Å². The lowest BCUT2D eigenvalue weighted by Crippen LogP contribution is -2.20. The number of aromatic nitrogens is 2. The zero-order valence-corrected chi connectivity index (χ0v) is 11.4. The van der Waals surface area contributed by atoms with Crippen LogP contribution in [0.25, 0.3) is 0 Å². The first kappa shape index (κ1) is 13.8. The number of hydrogen-bond acceptors (Lipinski definition) is 3. The van der Waals surface area contributed by atoms with Gasteiger partial charge in [-0.15, -0.1) is 0 Å². The molecule has 4 nitrogen and oxygen atoms in total. The van der Waals surface area contributed by atoms with E-state index in [1.807, 2.05) is 12.4 Å². The SMILES string of the molecule is COCCNCc1cccn1CCc1ccncc1. The molecule has 2 rings (SSSR count). The van der Waals surface area contributed by atoms with Gasteiger partial charge in [0.15, 0.2) is 0 Å². The van der Waals surface area contributed by atoms with E-state index < -0.39 is 0 Å². The Morgan fingerprint density at radius 2 is 2.11 bits per heavy atom. The molecule has 0 aliphatic carbocycles. The molecule has 2 aromatic heterocycles. The number of nitrogens with zero attached hydrogens (tertiary/aromatic N) is 2. The summed E-state index contributed by atoms with van der Waals surface area (Å²) in [5.74, 6) is 0. The van der Waals surface area contributed by atoms with Crippen molar-refractivity contribution in [1.29, 1.82) is 0 Å². The highest BCUT2D eigenvalue weighted by Crippen LogP contribution is 2.05. The average Bonchev–Trinajstić information content (AvgIpc) is 2.90. The van der Waals surface area contributed by atoms with Gasteiger partial charge in [-0.05, 0) is 36.2 Å². The van der Waals surface area contributed by atoms with Crippen molar-refractivity contribution in [3.8, 4) is 0 Å². The fraction of sp³-hybridized carbons (Fsp3) is 0.400. The standard InChI is InChI=1S/C15H21N3O/c1-19-12-9-17-13-15-3-2-10-18(15)11-6-14-4-7-16-8-5-14/h2-5,7-8,10,17H,6,9,11-13H2,1H3. The van der Waals surface area contributed by atoms with Gasteiger partial charge >= 0.3 is 0 Å². The minimum absolute atomic E-state index is 0.748. The van der Waals surface area contributed by atoms with E-state index in [0.29, 0.717) is 0 Å². The topological polar surface area (TPSA) is 39.1 Å². The van der Waals surface area contributed by atoms with Crippen LogP contribution in [0.5, 0.6) is 0 Å². The first-order valence-electron chi connectivity index (χ1n) is 6.62. The van der Waals surface area contributed by atoms with E-state index >= 15 is 0 Å². The lowest BCUT2D eigenvalue weighted by atomic mass is 10.2. The second-order valence-corrected chi connectivity index (χ2v) is 4.47. The van der Waals surface area contributed by atoms with Gasteiger partial charge in [-0.25, -0.2) is 0 Å². The maximum absolute atomic E-state index is 5.02. The summed E-state index contributed by atoms with van der Waals surface area (Å²) in [4.78, 5) is 4.04. The van der Waals surface area contributed by atoms with Crippen molar-refractivity contribution >= 4 is 0 Å². The van der Waals surface area contributed by atoms with Crippen LogP contribution in [0.1, 0.15) is 11.3 Å². The van der Waals surface area contributed by atoms with Crippen LogP contribution in [0.4, 0.5) is 0 Å². The average molecular weight is 259 g/mol. The smallest absolute Gasteiger partial charge is 0.0587 e. The van der Waals surface area contributed by atoms with Crippen LogP contribution in [-0.2, 0) is 24.2 Å². The first-order valence-corrected chi connectivity index (χ1v) is 6.62. The normalized spacial score (nSPS) is 10.8. The summed E-state index contributed by atoms with van der Waals surface area (Å²) in [7, 11) is 1.72. The van der Waals surface area contributed by atoms with Crippen molar-refractivity contribution in [2.75, 3.05) is 20.3 Å². The Kier molecular flexibility index (Phi) is 5.59. The summed E-state index contributed by atoms with van der Waals surface area (Å²) in [6, 6.07) is 8.40. The van der Waals surface area contributed by atoms with Crippen LogP contribution >= 0.6 is 0 Å². The zero-order valence-electron chi connectivity index (χ0n) is 11.4. The monoisotopic (exact) mass is 259 g/mol. The third kappa shape index (κ3) is 4.50. The van der Waals surface area contributed by atoms with Crippen molar-refractivity contribution < 1.29 is 4.74 Å². The predicted molar refractivity (Wildman–Crippen MR) is 76.0 cm³/mol. The molecular weight excluding hydrogens is 238 g/mol. The molecule has 0 bridgehead atoms.